The number of para-hydroxylation sites is 1. The summed E-state index contributed by atoms with van der Waals surface area (Å²) in [5.41, 5.74) is 2.73. The Morgan fingerprint density at radius 1 is 1.03 bits per heavy atom. The van der Waals surface area contributed by atoms with Crippen molar-refractivity contribution < 1.29 is 4.79 Å². The Bertz CT molecular complexity index is 1340. The Kier molecular flexibility index (Phi) is 6.42. The van der Waals surface area contributed by atoms with Gasteiger partial charge in [0.15, 0.2) is 10.8 Å². The number of nitriles is 1. The fourth-order valence-corrected chi connectivity index (χ4v) is 3.75. The first-order valence-corrected chi connectivity index (χ1v) is 10.5. The van der Waals surface area contributed by atoms with Gasteiger partial charge in [0.2, 0.25) is 0 Å². The molecule has 0 fully saturated rings. The number of pyridine rings is 1. The summed E-state index contributed by atoms with van der Waals surface area (Å²) in [6.45, 7) is 0. The molecule has 32 heavy (non-hydrogen) atoms. The Morgan fingerprint density at radius 3 is 2.47 bits per heavy atom. The summed E-state index contributed by atoms with van der Waals surface area (Å²) in [7, 11) is 0. The lowest BCUT2D eigenvalue weighted by atomic mass is 10.0. The van der Waals surface area contributed by atoms with E-state index >= 15 is 0 Å². The van der Waals surface area contributed by atoms with Gasteiger partial charge < -0.3 is 5.32 Å². The average molecular weight is 483 g/mol. The zero-order chi connectivity index (χ0) is 22.7. The first-order chi connectivity index (χ1) is 15.5. The maximum Gasteiger partial charge on any atom is 0.276 e. The number of halogens is 3. The fourth-order valence-electron chi connectivity index (χ4n) is 3.24. The minimum absolute atomic E-state index is 0.0497. The third kappa shape index (κ3) is 4.32. The number of hydrogen-bond acceptors (Lipinski definition) is 4. The highest BCUT2D eigenvalue weighted by Gasteiger charge is 2.26. The number of carbonyl (C=O) groups excluding carboxylic acids is 1. The molecule has 0 bridgehead atoms. The van der Waals surface area contributed by atoms with Crippen molar-refractivity contribution >= 4 is 46.4 Å². The van der Waals surface area contributed by atoms with Crippen molar-refractivity contribution in [3.63, 3.8) is 0 Å². The van der Waals surface area contributed by atoms with Crippen LogP contribution < -0.4 is 5.32 Å². The molecule has 9 heteroatoms. The van der Waals surface area contributed by atoms with Gasteiger partial charge in [0.1, 0.15) is 0 Å². The van der Waals surface area contributed by atoms with E-state index < -0.39 is 5.91 Å². The van der Waals surface area contributed by atoms with Crippen LogP contribution >= 0.6 is 34.8 Å². The van der Waals surface area contributed by atoms with E-state index in [4.69, 9.17) is 34.8 Å². The standard InChI is InChI=1S/C23H14Cl3N5O/c24-15-9-7-14(8-10-15)21-16(11-12-27)20(23(32)29-18-5-3-13-28-22(18)26)30-31(21)19-6-2-1-4-17(19)25/h1-10,13H,11H2,(H,29,32). The van der Waals surface area contributed by atoms with E-state index in [-0.39, 0.29) is 17.3 Å². The van der Waals surface area contributed by atoms with Crippen molar-refractivity contribution in [1.82, 2.24) is 14.8 Å². The van der Waals surface area contributed by atoms with Gasteiger partial charge in [-0.15, -0.1) is 0 Å². The van der Waals surface area contributed by atoms with E-state index in [0.29, 0.717) is 32.7 Å². The van der Waals surface area contributed by atoms with Gasteiger partial charge in [0, 0.05) is 22.3 Å². The van der Waals surface area contributed by atoms with Gasteiger partial charge in [0.25, 0.3) is 5.91 Å². The van der Waals surface area contributed by atoms with Crippen LogP contribution in [0.25, 0.3) is 16.9 Å². The number of nitrogens with zero attached hydrogens (tertiary/aromatic N) is 4. The second-order valence-corrected chi connectivity index (χ2v) is 7.88. The topological polar surface area (TPSA) is 83.6 Å². The molecule has 158 valence electrons. The van der Waals surface area contributed by atoms with E-state index in [2.05, 4.69) is 21.5 Å². The van der Waals surface area contributed by atoms with Crippen LogP contribution in [0.15, 0.2) is 66.9 Å². The molecular weight excluding hydrogens is 469 g/mol. The van der Waals surface area contributed by atoms with Gasteiger partial charge in [-0.2, -0.15) is 10.4 Å². The van der Waals surface area contributed by atoms with Crippen molar-refractivity contribution in [2.75, 3.05) is 5.32 Å². The normalized spacial score (nSPS) is 10.6. The van der Waals surface area contributed by atoms with Crippen molar-refractivity contribution in [3.8, 4) is 23.0 Å². The van der Waals surface area contributed by atoms with Crippen molar-refractivity contribution in [3.05, 3.63) is 93.3 Å². The Balaban J connectivity index is 1.93. The molecule has 0 aliphatic rings. The number of benzene rings is 2. The van der Waals surface area contributed by atoms with E-state index in [1.165, 1.54) is 6.20 Å². The van der Waals surface area contributed by atoms with Crippen LogP contribution in [-0.4, -0.2) is 20.7 Å². The maximum atomic E-state index is 13.2. The molecule has 0 saturated carbocycles. The Labute approximate surface area is 199 Å². The second-order valence-electron chi connectivity index (χ2n) is 6.68. The van der Waals surface area contributed by atoms with Gasteiger partial charge in [-0.3, -0.25) is 4.79 Å². The molecule has 0 aliphatic carbocycles. The third-order valence-electron chi connectivity index (χ3n) is 4.66. The number of rotatable bonds is 5. The fraction of sp³-hybridized carbons (Fsp3) is 0.0435. The maximum absolute atomic E-state index is 13.2. The molecule has 0 atom stereocenters. The Hall–Kier alpha value is -3.37. The second kappa shape index (κ2) is 9.41. The third-order valence-corrected chi connectivity index (χ3v) is 5.53. The van der Waals surface area contributed by atoms with E-state index in [1.54, 1.807) is 59.3 Å². The summed E-state index contributed by atoms with van der Waals surface area (Å²) in [5, 5.41) is 17.9. The summed E-state index contributed by atoms with van der Waals surface area (Å²) in [4.78, 5) is 17.2. The SMILES string of the molecule is N#CCc1c(C(=O)Nc2cccnc2Cl)nn(-c2ccccc2Cl)c1-c1ccc(Cl)cc1. The Morgan fingerprint density at radius 2 is 1.78 bits per heavy atom. The summed E-state index contributed by atoms with van der Waals surface area (Å²) in [5.74, 6) is -0.522. The highest BCUT2D eigenvalue weighted by molar-refractivity contribution is 6.33. The summed E-state index contributed by atoms with van der Waals surface area (Å²) in [6, 6.07) is 19.6. The number of anilines is 1. The average Bonchev–Trinajstić information content (AvgIpc) is 3.15. The number of nitrogens with one attached hydrogen (secondary N) is 1. The molecule has 0 spiro atoms. The summed E-state index contributed by atoms with van der Waals surface area (Å²) < 4.78 is 1.57. The van der Waals surface area contributed by atoms with Crippen LogP contribution in [0.1, 0.15) is 16.1 Å². The highest BCUT2D eigenvalue weighted by Crippen LogP contribution is 2.33. The molecule has 0 saturated heterocycles. The van der Waals surface area contributed by atoms with Gasteiger partial charge >= 0.3 is 0 Å². The quantitative estimate of drug-likeness (QED) is 0.343. The highest BCUT2D eigenvalue weighted by atomic mass is 35.5. The van der Waals surface area contributed by atoms with Crippen LogP contribution in [0, 0.1) is 11.3 Å². The lowest BCUT2D eigenvalue weighted by molar-refractivity contribution is 0.102. The smallest absolute Gasteiger partial charge is 0.276 e. The van der Waals surface area contributed by atoms with Crippen LogP contribution in [0.5, 0.6) is 0 Å². The summed E-state index contributed by atoms with van der Waals surface area (Å²) in [6.07, 6.45) is 1.47. The number of carbonyl (C=O) groups is 1. The number of aromatic nitrogens is 3. The lowest BCUT2D eigenvalue weighted by Gasteiger charge is -2.10. The largest absolute Gasteiger partial charge is 0.318 e. The van der Waals surface area contributed by atoms with E-state index in [0.717, 1.165) is 5.56 Å². The molecule has 0 radical (unpaired) electrons. The van der Waals surface area contributed by atoms with Crippen LogP contribution in [0.3, 0.4) is 0 Å². The molecule has 4 aromatic rings. The van der Waals surface area contributed by atoms with Gasteiger partial charge in [0.05, 0.1) is 34.6 Å². The zero-order valence-corrected chi connectivity index (χ0v) is 18.7. The minimum Gasteiger partial charge on any atom is -0.318 e. The van der Waals surface area contributed by atoms with E-state index in [9.17, 15) is 10.1 Å². The van der Waals surface area contributed by atoms with Crippen molar-refractivity contribution in [2.24, 2.45) is 0 Å². The molecule has 0 unspecified atom stereocenters. The molecule has 1 amide bonds. The molecule has 6 nitrogen and oxygen atoms in total. The van der Waals surface area contributed by atoms with Crippen LogP contribution in [0.2, 0.25) is 15.2 Å². The van der Waals surface area contributed by atoms with Gasteiger partial charge in [-0.25, -0.2) is 9.67 Å². The molecule has 2 aromatic heterocycles. The summed E-state index contributed by atoms with van der Waals surface area (Å²) >= 11 is 18.6. The first kappa shape index (κ1) is 21.8. The molecule has 4 rings (SSSR count). The van der Waals surface area contributed by atoms with E-state index in [1.807, 2.05) is 6.07 Å². The molecular formula is C23H14Cl3N5O. The zero-order valence-electron chi connectivity index (χ0n) is 16.4. The molecule has 2 aromatic carbocycles. The van der Waals surface area contributed by atoms with Crippen molar-refractivity contribution in [1.29, 1.82) is 5.26 Å². The molecule has 2 heterocycles. The van der Waals surface area contributed by atoms with Gasteiger partial charge in [-0.05, 0) is 36.4 Å². The monoisotopic (exact) mass is 481 g/mol. The van der Waals surface area contributed by atoms with Gasteiger partial charge in [-0.1, -0.05) is 59.1 Å². The minimum atomic E-state index is -0.522. The predicted octanol–water partition coefficient (Wildman–Crippen LogP) is 6.21. The van der Waals surface area contributed by atoms with Crippen LogP contribution in [0.4, 0.5) is 5.69 Å². The van der Waals surface area contributed by atoms with Crippen molar-refractivity contribution in [2.45, 2.75) is 6.42 Å². The number of hydrogen-bond donors (Lipinski definition) is 1. The first-order valence-electron chi connectivity index (χ1n) is 9.41. The van der Waals surface area contributed by atoms with Crippen LogP contribution in [-0.2, 0) is 6.42 Å². The molecule has 1 N–H and O–H groups in total. The molecule has 0 aliphatic heterocycles. The lowest BCUT2D eigenvalue weighted by Crippen LogP contribution is -2.15. The predicted molar refractivity (Wildman–Crippen MR) is 126 cm³/mol. The number of amides is 1.